The number of hydrogen-bond donors (Lipinski definition) is 1. The zero-order valence-corrected chi connectivity index (χ0v) is 26.7. The molecule has 2 aromatic heterocycles. The molecule has 0 radical (unpaired) electrons. The number of aromatic nitrogens is 3. The number of rotatable bonds is 13. The lowest BCUT2D eigenvalue weighted by atomic mass is 9.98. The third-order valence-corrected chi connectivity index (χ3v) is 8.09. The first-order chi connectivity index (χ1) is 21.1. The average Bonchev–Trinajstić information content (AvgIpc) is 2.99. The highest BCUT2D eigenvalue weighted by Crippen LogP contribution is 2.32. The van der Waals surface area contributed by atoms with Gasteiger partial charge in [0.05, 0.1) is 22.7 Å². The molecule has 2 heterocycles. The van der Waals surface area contributed by atoms with Gasteiger partial charge in [0.25, 0.3) is 5.56 Å². The Hall–Kier alpha value is -4.08. The molecular weight excluding hydrogens is 606 g/mol. The highest BCUT2D eigenvalue weighted by molar-refractivity contribution is 8.00. The fraction of sp³-hybridized carbons (Fsp3) is 0.364. The summed E-state index contributed by atoms with van der Waals surface area (Å²) in [6.07, 6.45) is -1.31. The van der Waals surface area contributed by atoms with Crippen LogP contribution in [-0.4, -0.2) is 43.5 Å². The molecule has 0 aliphatic rings. The number of alkyl halides is 3. The molecule has 0 bridgehead atoms. The number of aryl methyl sites for hydroxylation is 1. The maximum atomic E-state index is 13.8. The first-order valence-corrected chi connectivity index (χ1v) is 15.0. The van der Waals surface area contributed by atoms with E-state index >= 15 is 0 Å². The molecule has 1 aromatic carbocycles. The summed E-state index contributed by atoms with van der Waals surface area (Å²) in [5.74, 6) is -0.428. The van der Waals surface area contributed by atoms with E-state index in [0.717, 1.165) is 11.3 Å². The number of nitriles is 1. The van der Waals surface area contributed by atoms with Gasteiger partial charge >= 0.3 is 6.18 Å². The van der Waals surface area contributed by atoms with E-state index in [1.807, 2.05) is 52.0 Å². The predicted octanol–water partition coefficient (Wildman–Crippen LogP) is 7.66. The maximum absolute atomic E-state index is 13.8. The Morgan fingerprint density at radius 3 is 2.44 bits per heavy atom. The Morgan fingerprint density at radius 2 is 1.84 bits per heavy atom. The van der Waals surface area contributed by atoms with E-state index in [2.05, 4.69) is 23.5 Å². The van der Waals surface area contributed by atoms with E-state index in [1.165, 1.54) is 6.08 Å². The van der Waals surface area contributed by atoms with Gasteiger partial charge in [0.15, 0.2) is 5.65 Å². The lowest BCUT2D eigenvalue weighted by Crippen LogP contribution is -2.40. The van der Waals surface area contributed by atoms with Gasteiger partial charge in [-0.05, 0) is 63.8 Å². The van der Waals surface area contributed by atoms with E-state index < -0.39 is 28.4 Å². The van der Waals surface area contributed by atoms with Crippen molar-refractivity contribution in [3.63, 3.8) is 0 Å². The molecule has 240 valence electrons. The summed E-state index contributed by atoms with van der Waals surface area (Å²) in [7, 11) is 0. The van der Waals surface area contributed by atoms with E-state index in [4.69, 9.17) is 10.2 Å². The summed E-state index contributed by atoms with van der Waals surface area (Å²) in [5, 5.41) is 10.4. The molecule has 0 aliphatic carbocycles. The van der Waals surface area contributed by atoms with E-state index in [1.54, 1.807) is 41.6 Å². The lowest BCUT2D eigenvalue weighted by molar-refractivity contribution is -0.118. The van der Waals surface area contributed by atoms with E-state index in [9.17, 15) is 27.2 Å². The number of nitrogens with one attached hydrogen (secondary N) is 1. The van der Waals surface area contributed by atoms with Crippen molar-refractivity contribution < 1.29 is 22.4 Å². The molecular formula is C33H37F4N5O2S. The number of fused-ring (bicyclic) bond motifs is 1. The molecule has 12 heteroatoms. The van der Waals surface area contributed by atoms with Crippen molar-refractivity contribution in [2.24, 2.45) is 0 Å². The van der Waals surface area contributed by atoms with Crippen LogP contribution in [0.25, 0.3) is 16.7 Å². The van der Waals surface area contributed by atoms with Crippen LogP contribution in [0.5, 0.6) is 0 Å². The second kappa shape index (κ2) is 16.3. The van der Waals surface area contributed by atoms with Crippen molar-refractivity contribution in [2.45, 2.75) is 64.4 Å². The third kappa shape index (κ3) is 10.2. The summed E-state index contributed by atoms with van der Waals surface area (Å²) in [6.45, 7) is 16.0. The summed E-state index contributed by atoms with van der Waals surface area (Å²) < 4.78 is 52.8. The molecule has 0 saturated carbocycles. The third-order valence-electron chi connectivity index (χ3n) is 6.82. The first-order valence-electron chi connectivity index (χ1n) is 14.0. The number of pyridine rings is 1. The fourth-order valence-corrected chi connectivity index (χ4v) is 5.69. The molecule has 45 heavy (non-hydrogen) atoms. The van der Waals surface area contributed by atoms with Crippen LogP contribution < -0.4 is 10.9 Å². The van der Waals surface area contributed by atoms with Crippen molar-refractivity contribution in [3.05, 3.63) is 100 Å². The quantitative estimate of drug-likeness (QED) is 0.151. The SMILES string of the molecule is C#N.C=C(/C(F)=C\C=C(/C)CC(=O)CC(C)(CNC(C)c1nc2ncccc2c(=O)n1-c1ccc(C)cc1)SCC)C(F)(F)F. The second-order valence-electron chi connectivity index (χ2n) is 10.7. The Labute approximate surface area is 264 Å². The topological polar surface area (TPSA) is 101 Å². The minimum atomic E-state index is -4.87. The van der Waals surface area contributed by atoms with Crippen LogP contribution in [0.2, 0.25) is 0 Å². The predicted molar refractivity (Wildman–Crippen MR) is 172 cm³/mol. The molecule has 2 atom stereocenters. The summed E-state index contributed by atoms with van der Waals surface area (Å²) in [4.78, 5) is 35.6. The van der Waals surface area contributed by atoms with E-state index in [-0.39, 0.29) is 24.2 Å². The van der Waals surface area contributed by atoms with E-state index in [0.29, 0.717) is 40.7 Å². The molecule has 1 N–H and O–H groups in total. The van der Waals surface area contributed by atoms with Crippen LogP contribution in [0, 0.1) is 18.8 Å². The van der Waals surface area contributed by atoms with Gasteiger partial charge in [0.1, 0.15) is 17.4 Å². The fourth-order valence-electron chi connectivity index (χ4n) is 4.54. The first kappa shape index (κ1) is 37.1. The van der Waals surface area contributed by atoms with Gasteiger partial charge in [-0.2, -0.15) is 24.9 Å². The van der Waals surface area contributed by atoms with Crippen LogP contribution >= 0.6 is 11.8 Å². The number of benzene rings is 1. The number of hydrogen-bond acceptors (Lipinski definition) is 7. The molecule has 7 nitrogen and oxygen atoms in total. The Balaban J connectivity index is 0.00000345. The van der Waals surface area contributed by atoms with Gasteiger partial charge in [-0.25, -0.2) is 19.6 Å². The Bertz CT molecular complexity index is 1640. The monoisotopic (exact) mass is 643 g/mol. The van der Waals surface area contributed by atoms with Crippen LogP contribution in [0.1, 0.15) is 58.0 Å². The second-order valence-corrected chi connectivity index (χ2v) is 12.6. The minimum absolute atomic E-state index is 0.0391. The van der Waals surface area contributed by atoms with Gasteiger partial charge in [0, 0.05) is 36.9 Å². The number of nitrogens with zero attached hydrogens (tertiary/aromatic N) is 4. The maximum Gasteiger partial charge on any atom is 0.418 e. The van der Waals surface area contributed by atoms with Gasteiger partial charge in [0.2, 0.25) is 0 Å². The van der Waals surface area contributed by atoms with Crippen LogP contribution in [-0.2, 0) is 4.79 Å². The molecule has 0 amide bonds. The number of halogens is 4. The Morgan fingerprint density at radius 1 is 1.20 bits per heavy atom. The molecule has 3 aromatic rings. The molecule has 0 fully saturated rings. The number of Topliss-reactive ketones (excluding diaryl/α,β-unsaturated/α-hetero) is 1. The number of carbonyl (C=O) groups excluding carboxylic acids is 1. The zero-order chi connectivity index (χ0) is 33.9. The summed E-state index contributed by atoms with van der Waals surface area (Å²) >= 11 is 1.59. The molecule has 2 unspecified atom stereocenters. The highest BCUT2D eigenvalue weighted by Gasteiger charge is 2.34. The standard InChI is InChI=1S/C32H36F4N4O2S.CHN/c1-7-43-31(6,18-25(41)17-21(3)12-15-27(33)22(4)32(34,35)36)19-38-23(5)29-39-28-26(9-8-16-37-28)30(42)40(29)24-13-10-20(2)11-14-24;1-2/h8-16,23,38H,4,7,17-19H2,1-3,5-6H3;1H/b21-12+,27-15+;. The normalized spacial score (nSPS) is 14.3. The van der Waals surface area contributed by atoms with Crippen molar-refractivity contribution in [3.8, 4) is 12.3 Å². The smallest absolute Gasteiger partial charge is 0.306 e. The van der Waals surface area contributed by atoms with Crippen molar-refractivity contribution in [1.82, 2.24) is 19.9 Å². The van der Waals surface area contributed by atoms with Gasteiger partial charge in [-0.1, -0.05) is 42.8 Å². The highest BCUT2D eigenvalue weighted by atomic mass is 32.2. The number of carbonyl (C=O) groups is 1. The van der Waals surface area contributed by atoms with Crippen LogP contribution in [0.4, 0.5) is 17.6 Å². The summed E-state index contributed by atoms with van der Waals surface area (Å²) in [5.41, 5.74) is 0.680. The van der Waals surface area contributed by atoms with Crippen LogP contribution in [0.3, 0.4) is 0 Å². The Kier molecular flexibility index (Phi) is 13.4. The number of allylic oxidation sites excluding steroid dienone is 5. The lowest BCUT2D eigenvalue weighted by Gasteiger charge is -2.30. The zero-order valence-electron chi connectivity index (χ0n) is 25.9. The van der Waals surface area contributed by atoms with Crippen LogP contribution in [0.15, 0.2) is 83.1 Å². The van der Waals surface area contributed by atoms with Crippen molar-refractivity contribution >= 4 is 28.6 Å². The van der Waals surface area contributed by atoms with Crippen molar-refractivity contribution in [1.29, 1.82) is 5.26 Å². The van der Waals surface area contributed by atoms with Gasteiger partial charge in [-0.15, -0.1) is 0 Å². The van der Waals surface area contributed by atoms with Gasteiger partial charge in [-0.3, -0.25) is 14.2 Å². The van der Waals surface area contributed by atoms with Gasteiger partial charge < -0.3 is 5.32 Å². The number of thioether (sulfide) groups is 1. The molecule has 0 aliphatic heterocycles. The largest absolute Gasteiger partial charge is 0.418 e. The molecule has 3 rings (SSSR count). The minimum Gasteiger partial charge on any atom is -0.306 e. The average molecular weight is 644 g/mol. The molecule has 0 spiro atoms. The number of ketones is 1. The molecule has 0 saturated heterocycles. The summed E-state index contributed by atoms with van der Waals surface area (Å²) in [6, 6.07) is 10.6. The van der Waals surface area contributed by atoms with Crippen molar-refractivity contribution in [2.75, 3.05) is 12.3 Å².